The zero-order valence-electron chi connectivity index (χ0n) is 19.2. The quantitative estimate of drug-likeness (QED) is 0.188. The first-order chi connectivity index (χ1) is 15.0. The van der Waals surface area contributed by atoms with Crippen LogP contribution in [-0.4, -0.2) is 53.2 Å². The molecule has 1 aromatic heterocycles. The van der Waals surface area contributed by atoms with Crippen LogP contribution in [0.3, 0.4) is 0 Å². The molecule has 174 valence electrons. The molecule has 0 bridgehead atoms. The van der Waals surface area contributed by atoms with Crippen LogP contribution in [0.15, 0.2) is 26.8 Å². The van der Waals surface area contributed by atoms with E-state index in [1.807, 2.05) is 26.0 Å². The highest BCUT2D eigenvalue weighted by Gasteiger charge is 2.12. The molecule has 0 saturated carbocycles. The fraction of sp³-hybridized carbons (Fsp3) is 0.619. The molecule has 0 saturated heterocycles. The highest BCUT2D eigenvalue weighted by molar-refractivity contribution is 7.80. The van der Waals surface area contributed by atoms with Crippen LogP contribution in [0, 0.1) is 0 Å². The molecule has 0 aliphatic carbocycles. The van der Waals surface area contributed by atoms with Gasteiger partial charge in [-0.1, -0.05) is 26.7 Å². The van der Waals surface area contributed by atoms with Crippen molar-refractivity contribution in [1.82, 2.24) is 26.4 Å². The summed E-state index contributed by atoms with van der Waals surface area (Å²) in [5.41, 5.74) is 6.09. The first kappa shape index (κ1) is 27.0. The van der Waals surface area contributed by atoms with E-state index in [4.69, 9.17) is 28.9 Å². The number of hydrogen-bond acceptors (Lipinski definition) is 6. The third-order valence-corrected chi connectivity index (χ3v) is 4.73. The SMILES string of the molecule is CCCCN(CCCC)Cc1ccc(C(/C=N/NC(=S)NCC)=N\NC(=S)NCC)o1. The van der Waals surface area contributed by atoms with E-state index in [1.54, 1.807) is 6.21 Å². The van der Waals surface area contributed by atoms with Crippen LogP contribution < -0.4 is 21.5 Å². The lowest BCUT2D eigenvalue weighted by atomic mass is 10.2. The Hall–Kier alpha value is -2.04. The fourth-order valence-electron chi connectivity index (χ4n) is 2.67. The number of thiocarbonyl (C=S) groups is 2. The van der Waals surface area contributed by atoms with Crippen LogP contribution in [0.5, 0.6) is 0 Å². The lowest BCUT2D eigenvalue weighted by molar-refractivity contribution is 0.236. The van der Waals surface area contributed by atoms with Crippen LogP contribution in [-0.2, 0) is 6.54 Å². The number of nitrogens with one attached hydrogen (secondary N) is 4. The van der Waals surface area contributed by atoms with E-state index in [-0.39, 0.29) is 0 Å². The molecule has 4 N–H and O–H groups in total. The second-order valence-corrected chi connectivity index (χ2v) is 7.76. The third-order valence-electron chi connectivity index (χ3n) is 4.25. The van der Waals surface area contributed by atoms with Gasteiger partial charge in [0.1, 0.15) is 11.5 Å². The lowest BCUT2D eigenvalue weighted by Gasteiger charge is -2.20. The highest BCUT2D eigenvalue weighted by atomic mass is 32.1. The van der Waals surface area contributed by atoms with Crippen LogP contribution >= 0.6 is 24.4 Å². The summed E-state index contributed by atoms with van der Waals surface area (Å²) >= 11 is 10.3. The minimum atomic E-state index is 0.432. The van der Waals surface area contributed by atoms with Crippen molar-refractivity contribution in [2.45, 2.75) is 59.9 Å². The largest absolute Gasteiger partial charge is 0.458 e. The van der Waals surface area contributed by atoms with Gasteiger partial charge in [-0.15, -0.1) is 0 Å². The van der Waals surface area contributed by atoms with Gasteiger partial charge in [-0.2, -0.15) is 10.2 Å². The Morgan fingerprint density at radius 3 is 2.16 bits per heavy atom. The monoisotopic (exact) mass is 467 g/mol. The van der Waals surface area contributed by atoms with Gasteiger partial charge in [0.25, 0.3) is 0 Å². The topological polar surface area (TPSA) is 89.2 Å². The third kappa shape index (κ3) is 11.8. The Kier molecular flexibility index (Phi) is 14.5. The average Bonchev–Trinajstić information content (AvgIpc) is 3.21. The number of unbranched alkanes of at least 4 members (excludes halogenated alkanes) is 2. The number of nitrogens with zero attached hydrogens (tertiary/aromatic N) is 3. The molecular weight excluding hydrogens is 430 g/mol. The molecule has 0 atom stereocenters. The van der Waals surface area contributed by atoms with Gasteiger partial charge < -0.3 is 15.1 Å². The summed E-state index contributed by atoms with van der Waals surface area (Å²) in [6.45, 7) is 12.7. The van der Waals surface area contributed by atoms with E-state index < -0.39 is 0 Å². The summed E-state index contributed by atoms with van der Waals surface area (Å²) in [5.74, 6) is 1.50. The van der Waals surface area contributed by atoms with Crippen LogP contribution in [0.4, 0.5) is 0 Å². The van der Waals surface area contributed by atoms with Crippen molar-refractivity contribution in [2.75, 3.05) is 26.2 Å². The van der Waals surface area contributed by atoms with Crippen molar-refractivity contribution in [3.8, 4) is 0 Å². The molecule has 1 aromatic rings. The molecule has 0 spiro atoms. The molecular formula is C21H37N7OS2. The van der Waals surface area contributed by atoms with Gasteiger partial charge in [0.2, 0.25) is 0 Å². The summed E-state index contributed by atoms with van der Waals surface area (Å²) in [6, 6.07) is 3.89. The number of hydrazone groups is 2. The fourth-order valence-corrected chi connectivity index (χ4v) is 3.05. The van der Waals surface area contributed by atoms with E-state index in [2.05, 4.69) is 50.4 Å². The molecule has 0 amide bonds. The van der Waals surface area contributed by atoms with Gasteiger partial charge in [-0.3, -0.25) is 15.8 Å². The number of furan rings is 1. The minimum Gasteiger partial charge on any atom is -0.458 e. The second-order valence-electron chi connectivity index (χ2n) is 6.95. The van der Waals surface area contributed by atoms with E-state index in [0.29, 0.717) is 28.2 Å². The van der Waals surface area contributed by atoms with Gasteiger partial charge in [0.15, 0.2) is 16.0 Å². The zero-order valence-corrected chi connectivity index (χ0v) is 20.8. The summed E-state index contributed by atoms with van der Waals surface area (Å²) in [6.07, 6.45) is 6.27. The molecule has 0 radical (unpaired) electrons. The number of hydrogen-bond donors (Lipinski definition) is 4. The normalized spacial score (nSPS) is 11.7. The summed E-state index contributed by atoms with van der Waals surface area (Å²) in [4.78, 5) is 2.44. The molecule has 1 rings (SSSR count). The van der Waals surface area contributed by atoms with E-state index in [1.165, 1.54) is 25.7 Å². The maximum absolute atomic E-state index is 6.09. The second kappa shape index (κ2) is 16.6. The van der Waals surface area contributed by atoms with Crippen LogP contribution in [0.1, 0.15) is 64.9 Å². The van der Waals surface area contributed by atoms with Gasteiger partial charge >= 0.3 is 0 Å². The van der Waals surface area contributed by atoms with Gasteiger partial charge in [0, 0.05) is 13.1 Å². The molecule has 0 unspecified atom stereocenters. The maximum atomic E-state index is 6.09. The van der Waals surface area contributed by atoms with Crippen molar-refractivity contribution >= 4 is 46.6 Å². The van der Waals surface area contributed by atoms with E-state index >= 15 is 0 Å². The Labute approximate surface area is 197 Å². The smallest absolute Gasteiger partial charge is 0.186 e. The van der Waals surface area contributed by atoms with Crippen molar-refractivity contribution in [1.29, 1.82) is 0 Å². The van der Waals surface area contributed by atoms with Gasteiger partial charge in [0.05, 0.1) is 12.8 Å². The van der Waals surface area contributed by atoms with E-state index in [0.717, 1.165) is 31.9 Å². The predicted octanol–water partition coefficient (Wildman–Crippen LogP) is 3.34. The molecule has 0 fully saturated rings. The zero-order chi connectivity index (χ0) is 22.9. The average molecular weight is 468 g/mol. The molecule has 0 aliphatic heterocycles. The first-order valence-corrected chi connectivity index (χ1v) is 11.8. The Morgan fingerprint density at radius 1 is 0.968 bits per heavy atom. The lowest BCUT2D eigenvalue weighted by Crippen LogP contribution is -2.33. The van der Waals surface area contributed by atoms with Crippen LogP contribution in [0.25, 0.3) is 0 Å². The Balaban J connectivity index is 2.92. The van der Waals surface area contributed by atoms with Crippen molar-refractivity contribution in [2.24, 2.45) is 10.2 Å². The molecule has 0 aliphatic rings. The summed E-state index contributed by atoms with van der Waals surface area (Å²) in [5, 5.41) is 15.4. The Bertz CT molecular complexity index is 710. The molecule has 0 aromatic carbocycles. The molecule has 8 nitrogen and oxygen atoms in total. The van der Waals surface area contributed by atoms with Gasteiger partial charge in [-0.25, -0.2) is 0 Å². The minimum absolute atomic E-state index is 0.432. The number of rotatable bonds is 14. The first-order valence-electron chi connectivity index (χ1n) is 11.0. The Morgan fingerprint density at radius 2 is 1.58 bits per heavy atom. The summed E-state index contributed by atoms with van der Waals surface area (Å²) < 4.78 is 6.09. The molecule has 31 heavy (non-hydrogen) atoms. The van der Waals surface area contributed by atoms with Crippen molar-refractivity contribution in [3.63, 3.8) is 0 Å². The van der Waals surface area contributed by atoms with Crippen molar-refractivity contribution < 1.29 is 4.42 Å². The van der Waals surface area contributed by atoms with Gasteiger partial charge in [-0.05, 0) is 76.3 Å². The predicted molar refractivity (Wildman–Crippen MR) is 138 cm³/mol. The highest BCUT2D eigenvalue weighted by Crippen LogP contribution is 2.13. The molecule has 10 heteroatoms. The molecule has 1 heterocycles. The standard InChI is InChI=1S/C21H37N7OS2/c1-5-9-13-28(14-10-6-2)16-17-11-12-19(29-17)18(25-27-21(31)23-8-4)15-24-26-20(30)22-7-3/h11-12,15H,5-10,13-14,16H2,1-4H3,(H2,22,26,30)(H2,23,27,31)/b24-15+,25-18-. The van der Waals surface area contributed by atoms with Crippen molar-refractivity contribution in [3.05, 3.63) is 23.7 Å². The summed E-state index contributed by atoms with van der Waals surface area (Å²) in [7, 11) is 0. The maximum Gasteiger partial charge on any atom is 0.186 e. The van der Waals surface area contributed by atoms with Crippen LogP contribution in [0.2, 0.25) is 0 Å². The van der Waals surface area contributed by atoms with E-state index in [9.17, 15) is 0 Å².